The van der Waals surface area contributed by atoms with E-state index in [4.69, 9.17) is 0 Å². The van der Waals surface area contributed by atoms with Crippen LogP contribution in [0, 0.1) is 6.92 Å². The summed E-state index contributed by atoms with van der Waals surface area (Å²) >= 11 is 0. The summed E-state index contributed by atoms with van der Waals surface area (Å²) in [5.41, 5.74) is 5.03. The van der Waals surface area contributed by atoms with E-state index >= 15 is 0 Å². The molecule has 0 atom stereocenters. The van der Waals surface area contributed by atoms with Crippen LogP contribution in [0.15, 0.2) is 36.4 Å². The van der Waals surface area contributed by atoms with Gasteiger partial charge in [-0.05, 0) is 35.7 Å². The Kier molecular flexibility index (Phi) is 6.28. The van der Waals surface area contributed by atoms with Crippen molar-refractivity contribution in [1.82, 2.24) is 10.6 Å². The Morgan fingerprint density at radius 3 is 2.58 bits per heavy atom. The van der Waals surface area contributed by atoms with Gasteiger partial charge in [0.15, 0.2) is 0 Å². The van der Waals surface area contributed by atoms with Crippen molar-refractivity contribution in [2.45, 2.75) is 26.6 Å². The lowest BCUT2D eigenvalue weighted by molar-refractivity contribution is 0.0951. The van der Waals surface area contributed by atoms with Crippen LogP contribution in [0.2, 0.25) is 0 Å². The van der Waals surface area contributed by atoms with E-state index < -0.39 is 10.0 Å². The number of carbonyl (C=O) groups is 1. The monoisotopic (exact) mass is 395 g/mol. The Hall–Kier alpha value is -2.09. The molecule has 3 rings (SSSR count). The third-order valence-electron chi connectivity index (χ3n) is 4.07. The number of benzene rings is 2. The Morgan fingerprint density at radius 2 is 1.85 bits per heavy atom. The summed E-state index contributed by atoms with van der Waals surface area (Å²) in [6.07, 6.45) is 1.06. The predicted molar refractivity (Wildman–Crippen MR) is 105 cm³/mol. The minimum Gasteiger partial charge on any atom is -0.348 e. The van der Waals surface area contributed by atoms with Crippen LogP contribution in [-0.2, 0) is 29.7 Å². The minimum absolute atomic E-state index is 0. The van der Waals surface area contributed by atoms with Gasteiger partial charge in [0.1, 0.15) is 0 Å². The fourth-order valence-corrected chi connectivity index (χ4v) is 3.45. The molecule has 2 aromatic carbocycles. The molecule has 26 heavy (non-hydrogen) atoms. The van der Waals surface area contributed by atoms with Gasteiger partial charge in [-0.25, -0.2) is 8.42 Å². The van der Waals surface area contributed by atoms with Gasteiger partial charge < -0.3 is 10.6 Å². The molecule has 3 N–H and O–H groups in total. The fraction of sp³-hybridized carbons (Fsp3) is 0.278. The first-order valence-electron chi connectivity index (χ1n) is 8.00. The number of aryl methyl sites for hydroxylation is 1. The lowest BCUT2D eigenvalue weighted by Gasteiger charge is -2.12. The molecule has 0 spiro atoms. The van der Waals surface area contributed by atoms with Crippen molar-refractivity contribution in [3.05, 3.63) is 64.2 Å². The number of amides is 1. The van der Waals surface area contributed by atoms with Gasteiger partial charge in [-0.3, -0.25) is 9.52 Å². The van der Waals surface area contributed by atoms with Crippen molar-refractivity contribution >= 4 is 34.0 Å². The molecule has 1 amide bonds. The van der Waals surface area contributed by atoms with Crippen LogP contribution in [0.1, 0.15) is 32.6 Å². The quantitative estimate of drug-likeness (QED) is 0.725. The molecule has 1 heterocycles. The van der Waals surface area contributed by atoms with E-state index in [9.17, 15) is 13.2 Å². The highest BCUT2D eigenvalue weighted by Crippen LogP contribution is 2.20. The number of halogens is 1. The molecule has 8 heteroatoms. The van der Waals surface area contributed by atoms with Gasteiger partial charge in [-0.2, -0.15) is 0 Å². The lowest BCUT2D eigenvalue weighted by Crippen LogP contribution is -2.25. The SMILES string of the molecule is Cc1ccc(NS(C)(=O)=O)c(C(=O)NCc2ccc3c(c2)CNC3)c1.Cl. The number of hydrogen-bond acceptors (Lipinski definition) is 4. The fourth-order valence-electron chi connectivity index (χ4n) is 2.87. The molecule has 0 saturated heterocycles. The second-order valence-corrected chi connectivity index (χ2v) is 8.06. The van der Waals surface area contributed by atoms with Crippen molar-refractivity contribution < 1.29 is 13.2 Å². The van der Waals surface area contributed by atoms with E-state index in [1.807, 2.05) is 13.0 Å². The number of carbonyl (C=O) groups excluding carboxylic acids is 1. The number of nitrogens with one attached hydrogen (secondary N) is 3. The second kappa shape index (κ2) is 8.07. The zero-order valence-electron chi connectivity index (χ0n) is 14.6. The van der Waals surface area contributed by atoms with Crippen molar-refractivity contribution in [3.8, 4) is 0 Å². The number of hydrogen-bond donors (Lipinski definition) is 3. The zero-order chi connectivity index (χ0) is 18.0. The lowest BCUT2D eigenvalue weighted by atomic mass is 10.1. The maximum Gasteiger partial charge on any atom is 0.253 e. The first-order valence-corrected chi connectivity index (χ1v) is 9.89. The van der Waals surface area contributed by atoms with Gasteiger partial charge in [0, 0.05) is 19.6 Å². The summed E-state index contributed by atoms with van der Waals surface area (Å²) in [4.78, 5) is 12.6. The number of fused-ring (bicyclic) bond motifs is 1. The number of sulfonamides is 1. The van der Waals surface area contributed by atoms with Crippen LogP contribution >= 0.6 is 12.4 Å². The van der Waals surface area contributed by atoms with Crippen LogP contribution in [0.5, 0.6) is 0 Å². The number of rotatable bonds is 5. The average Bonchev–Trinajstić information content (AvgIpc) is 3.00. The van der Waals surface area contributed by atoms with E-state index in [1.54, 1.807) is 18.2 Å². The molecule has 0 fully saturated rings. The third-order valence-corrected chi connectivity index (χ3v) is 4.66. The highest BCUT2D eigenvalue weighted by molar-refractivity contribution is 7.92. The molecule has 0 unspecified atom stereocenters. The summed E-state index contributed by atoms with van der Waals surface area (Å²) in [5.74, 6) is -0.312. The first kappa shape index (κ1) is 20.2. The average molecular weight is 396 g/mol. The highest BCUT2D eigenvalue weighted by Gasteiger charge is 2.15. The van der Waals surface area contributed by atoms with Crippen molar-refractivity contribution in [3.63, 3.8) is 0 Å². The standard InChI is InChI=1S/C18H21N3O3S.ClH/c1-12-3-6-17(21-25(2,23)24)16(7-12)18(22)20-9-13-4-5-14-10-19-11-15(14)8-13;/h3-8,19,21H,9-11H2,1-2H3,(H,20,22);1H. The molecule has 0 bridgehead atoms. The first-order chi connectivity index (χ1) is 11.8. The van der Waals surface area contributed by atoms with Gasteiger partial charge >= 0.3 is 0 Å². The molecular formula is C18H22ClN3O3S. The van der Waals surface area contributed by atoms with E-state index in [2.05, 4.69) is 27.5 Å². The van der Waals surface area contributed by atoms with Crippen LogP contribution in [0.25, 0.3) is 0 Å². The highest BCUT2D eigenvalue weighted by atomic mass is 35.5. The van der Waals surface area contributed by atoms with Gasteiger partial charge in [0.05, 0.1) is 17.5 Å². The summed E-state index contributed by atoms with van der Waals surface area (Å²) in [5, 5.41) is 6.15. The third kappa shape index (κ3) is 4.97. The molecule has 0 aromatic heterocycles. The van der Waals surface area contributed by atoms with Crippen LogP contribution < -0.4 is 15.4 Å². The molecule has 140 valence electrons. The maximum absolute atomic E-state index is 12.6. The molecule has 1 aliphatic heterocycles. The Bertz CT molecular complexity index is 929. The topological polar surface area (TPSA) is 87.3 Å². The zero-order valence-corrected chi connectivity index (χ0v) is 16.3. The van der Waals surface area contributed by atoms with Gasteiger partial charge in [-0.15, -0.1) is 12.4 Å². The van der Waals surface area contributed by atoms with Crippen LogP contribution in [-0.4, -0.2) is 20.6 Å². The van der Waals surface area contributed by atoms with Crippen molar-refractivity contribution in [2.75, 3.05) is 11.0 Å². The normalized spacial score (nSPS) is 12.8. The molecular weight excluding hydrogens is 374 g/mol. The molecule has 0 saturated carbocycles. The molecule has 0 aliphatic carbocycles. The summed E-state index contributed by atoms with van der Waals surface area (Å²) in [6, 6.07) is 11.2. The Labute approximate surface area is 159 Å². The number of anilines is 1. The minimum atomic E-state index is -3.46. The van der Waals surface area contributed by atoms with Gasteiger partial charge in [0.2, 0.25) is 10.0 Å². The van der Waals surface area contributed by atoms with E-state index in [1.165, 1.54) is 11.1 Å². The molecule has 6 nitrogen and oxygen atoms in total. The molecule has 1 aliphatic rings. The van der Waals surface area contributed by atoms with Gasteiger partial charge in [-0.1, -0.05) is 29.8 Å². The predicted octanol–water partition coefficient (Wildman–Crippen LogP) is 2.32. The smallest absolute Gasteiger partial charge is 0.253 e. The molecule has 0 radical (unpaired) electrons. The Morgan fingerprint density at radius 1 is 1.12 bits per heavy atom. The van der Waals surface area contributed by atoms with Crippen LogP contribution in [0.3, 0.4) is 0 Å². The second-order valence-electron chi connectivity index (χ2n) is 6.31. The maximum atomic E-state index is 12.6. The van der Waals surface area contributed by atoms with Crippen molar-refractivity contribution in [1.29, 1.82) is 0 Å². The van der Waals surface area contributed by atoms with E-state index in [0.717, 1.165) is 30.5 Å². The summed E-state index contributed by atoms with van der Waals surface area (Å²) in [7, 11) is -3.46. The van der Waals surface area contributed by atoms with E-state index in [0.29, 0.717) is 12.1 Å². The summed E-state index contributed by atoms with van der Waals surface area (Å²) < 4.78 is 25.4. The van der Waals surface area contributed by atoms with Gasteiger partial charge in [0.25, 0.3) is 5.91 Å². The largest absolute Gasteiger partial charge is 0.348 e. The summed E-state index contributed by atoms with van der Waals surface area (Å²) in [6.45, 7) is 3.97. The van der Waals surface area contributed by atoms with Crippen LogP contribution in [0.4, 0.5) is 5.69 Å². The van der Waals surface area contributed by atoms with Crippen molar-refractivity contribution in [2.24, 2.45) is 0 Å². The Balaban J connectivity index is 0.00000243. The van der Waals surface area contributed by atoms with E-state index in [-0.39, 0.29) is 24.0 Å². The molecule has 2 aromatic rings.